The number of carboxylic acids is 1. The highest BCUT2D eigenvalue weighted by atomic mass is 16.5. The van der Waals surface area contributed by atoms with Gasteiger partial charge >= 0.3 is 5.97 Å². The number of rotatable bonds is 12. The largest absolute Gasteiger partial charge is 0.497 e. The van der Waals surface area contributed by atoms with E-state index in [2.05, 4.69) is 29.3 Å². The number of hydrazine groups is 1. The minimum absolute atomic E-state index is 0.0628. The first-order valence-corrected chi connectivity index (χ1v) is 14.0. The average molecular weight is 600 g/mol. The number of amides is 1. The van der Waals surface area contributed by atoms with E-state index in [0.717, 1.165) is 17.9 Å². The van der Waals surface area contributed by atoms with Gasteiger partial charge in [-0.2, -0.15) is 0 Å². The Kier molecular flexibility index (Phi) is 15.0. The number of benzene rings is 2. The lowest BCUT2D eigenvalue weighted by Gasteiger charge is -2.35. The van der Waals surface area contributed by atoms with Crippen LogP contribution in [0.3, 0.4) is 0 Å². The average Bonchev–Trinajstić information content (AvgIpc) is 3.00. The summed E-state index contributed by atoms with van der Waals surface area (Å²) in [5.41, 5.74) is 2.19. The third-order valence-corrected chi connectivity index (χ3v) is 6.84. The van der Waals surface area contributed by atoms with Crippen molar-refractivity contribution in [1.82, 2.24) is 25.6 Å². The second kappa shape index (κ2) is 18.4. The van der Waals surface area contributed by atoms with E-state index in [-0.39, 0.29) is 44.3 Å². The van der Waals surface area contributed by atoms with Crippen molar-refractivity contribution in [2.24, 2.45) is 0 Å². The number of likely N-dealkylation sites (N-methyl/N-ethyl adjacent to an activating group) is 1. The molecule has 1 saturated heterocycles. The van der Waals surface area contributed by atoms with E-state index >= 15 is 0 Å². The van der Waals surface area contributed by atoms with Gasteiger partial charge in [0.1, 0.15) is 5.75 Å². The van der Waals surface area contributed by atoms with Crippen LogP contribution in [-0.2, 0) is 27.3 Å². The Bertz CT molecular complexity index is 1190. The van der Waals surface area contributed by atoms with Gasteiger partial charge in [-0.15, -0.1) is 0 Å². The molecule has 3 rings (SSSR count). The lowest BCUT2D eigenvalue weighted by Crippen LogP contribution is -2.55. The third-order valence-electron chi connectivity index (χ3n) is 6.84. The zero-order valence-corrected chi connectivity index (χ0v) is 25.8. The summed E-state index contributed by atoms with van der Waals surface area (Å²) in [6, 6.07) is 12.8. The van der Waals surface area contributed by atoms with Crippen LogP contribution in [-0.4, -0.2) is 105 Å². The molecule has 1 atom stereocenters. The lowest BCUT2D eigenvalue weighted by molar-refractivity contribution is -0.141. The molecular weight excluding hydrogens is 554 g/mol. The smallest absolute Gasteiger partial charge is 0.303 e. The third kappa shape index (κ3) is 11.6. The molecule has 1 amide bonds. The van der Waals surface area contributed by atoms with Crippen LogP contribution in [0.1, 0.15) is 24.0 Å². The van der Waals surface area contributed by atoms with Crippen molar-refractivity contribution in [3.63, 3.8) is 0 Å². The number of hydrogen-bond acceptors (Lipinski definition) is 10. The molecule has 0 bridgehead atoms. The van der Waals surface area contributed by atoms with Crippen LogP contribution < -0.4 is 24.8 Å². The van der Waals surface area contributed by atoms with E-state index in [1.165, 1.54) is 10.5 Å². The van der Waals surface area contributed by atoms with Crippen molar-refractivity contribution >= 4 is 17.7 Å². The summed E-state index contributed by atoms with van der Waals surface area (Å²) in [7, 11) is 8.47. The highest BCUT2D eigenvalue weighted by Gasteiger charge is 2.29. The Morgan fingerprint density at radius 1 is 1.05 bits per heavy atom. The van der Waals surface area contributed by atoms with Crippen LogP contribution in [0.2, 0.25) is 0 Å². The molecule has 2 aromatic carbocycles. The molecule has 12 nitrogen and oxygen atoms in total. The van der Waals surface area contributed by atoms with E-state index < -0.39 is 12.0 Å². The highest BCUT2D eigenvalue weighted by molar-refractivity contribution is 5.89. The molecule has 0 saturated carbocycles. The van der Waals surface area contributed by atoms with Crippen molar-refractivity contribution in [2.45, 2.75) is 31.8 Å². The van der Waals surface area contributed by atoms with Gasteiger partial charge in [0.05, 0.1) is 47.1 Å². The number of carbonyl (C=O) groups excluding carboxylic acids is 2. The molecule has 43 heavy (non-hydrogen) atoms. The van der Waals surface area contributed by atoms with Gasteiger partial charge in [0.15, 0.2) is 17.3 Å². The molecule has 2 aromatic rings. The summed E-state index contributed by atoms with van der Waals surface area (Å²) in [4.78, 5) is 38.5. The van der Waals surface area contributed by atoms with Gasteiger partial charge < -0.3 is 29.5 Å². The van der Waals surface area contributed by atoms with Crippen LogP contribution in [0.5, 0.6) is 17.2 Å². The van der Waals surface area contributed by atoms with Crippen LogP contribution in [0, 0.1) is 0 Å². The van der Waals surface area contributed by atoms with Crippen molar-refractivity contribution in [3.8, 4) is 17.2 Å². The minimum Gasteiger partial charge on any atom is -0.497 e. The number of methoxy groups -OCH3 is 3. The van der Waals surface area contributed by atoms with Gasteiger partial charge in [0.2, 0.25) is 5.91 Å². The second-order valence-corrected chi connectivity index (χ2v) is 9.90. The summed E-state index contributed by atoms with van der Waals surface area (Å²) in [6.07, 6.45) is 2.00. The first-order chi connectivity index (χ1) is 20.6. The Balaban J connectivity index is 0.000000490. The van der Waals surface area contributed by atoms with Crippen molar-refractivity contribution in [3.05, 3.63) is 66.4 Å². The first-order valence-electron chi connectivity index (χ1n) is 14.0. The van der Waals surface area contributed by atoms with E-state index in [4.69, 9.17) is 19.3 Å². The Morgan fingerprint density at radius 2 is 1.72 bits per heavy atom. The Labute approximate surface area is 254 Å². The number of ketones is 1. The van der Waals surface area contributed by atoms with Crippen LogP contribution in [0.15, 0.2) is 55.2 Å². The predicted octanol–water partition coefficient (Wildman–Crippen LogP) is 2.15. The number of nitrogens with zero attached hydrogens (tertiary/aromatic N) is 3. The van der Waals surface area contributed by atoms with E-state index in [1.807, 2.05) is 31.3 Å². The number of hydrogen-bond donors (Lipinski definition) is 3. The maximum absolute atomic E-state index is 13.3. The standard InChI is InChI=1S/C22H32N4O6.C9H13NO/c1-5-26-15-23-18(7-9-21(28)29)22(30)25(14-17(27)13-24(26)2)11-10-16-6-8-19(31-3)20(12-16)32-4;1-10-7-8-3-5-9(11-2)6-4-8/h5-6,8,12,18,23H,1,7,9-11,13-15H2,2-4H3,(H,28,29);3-6,10H,7H2,1-2H3. The maximum Gasteiger partial charge on any atom is 0.303 e. The SMILES string of the molecule is C=CN1CNC(CCC(=O)O)C(=O)N(CCc2ccc(OC)c(OC)c2)CC(=O)CN1C.CNCc1ccc(OC)cc1. The number of ether oxygens (including phenoxy) is 3. The van der Waals surface area contributed by atoms with Gasteiger partial charge in [-0.3, -0.25) is 24.7 Å². The molecule has 3 N–H and O–H groups in total. The van der Waals surface area contributed by atoms with E-state index in [1.54, 1.807) is 50.7 Å². The number of carboxylic acid groups (broad SMARTS) is 1. The van der Waals surface area contributed by atoms with Crippen molar-refractivity contribution in [1.29, 1.82) is 0 Å². The minimum atomic E-state index is -0.984. The van der Waals surface area contributed by atoms with Gasteiger partial charge in [0.25, 0.3) is 0 Å². The topological polar surface area (TPSA) is 133 Å². The molecule has 1 fully saturated rings. The summed E-state index contributed by atoms with van der Waals surface area (Å²) >= 11 is 0. The lowest BCUT2D eigenvalue weighted by atomic mass is 10.1. The molecule has 1 aliphatic rings. The Hall–Kier alpha value is -4.13. The molecular formula is C31H45N5O7. The molecule has 0 aliphatic carbocycles. The summed E-state index contributed by atoms with van der Waals surface area (Å²) in [6.45, 7) is 5.23. The maximum atomic E-state index is 13.3. The number of carbonyl (C=O) groups is 3. The van der Waals surface area contributed by atoms with Gasteiger partial charge in [-0.25, -0.2) is 5.01 Å². The van der Waals surface area contributed by atoms with Crippen molar-refractivity contribution < 1.29 is 33.7 Å². The molecule has 1 aliphatic heterocycles. The quantitative estimate of drug-likeness (QED) is 0.332. The number of aliphatic carboxylic acids is 1. The zero-order valence-electron chi connectivity index (χ0n) is 25.8. The highest BCUT2D eigenvalue weighted by Crippen LogP contribution is 2.27. The molecule has 0 aromatic heterocycles. The molecule has 0 spiro atoms. The van der Waals surface area contributed by atoms with Crippen LogP contribution >= 0.6 is 0 Å². The Morgan fingerprint density at radius 3 is 2.30 bits per heavy atom. The van der Waals surface area contributed by atoms with E-state index in [9.17, 15) is 14.4 Å². The first kappa shape index (κ1) is 35.1. The predicted molar refractivity (Wildman–Crippen MR) is 164 cm³/mol. The fourth-order valence-corrected chi connectivity index (χ4v) is 4.45. The van der Waals surface area contributed by atoms with Crippen molar-refractivity contribution in [2.75, 3.05) is 61.7 Å². The fraction of sp³-hybridized carbons (Fsp3) is 0.452. The molecule has 1 unspecified atom stereocenters. The fourth-order valence-electron chi connectivity index (χ4n) is 4.45. The van der Waals surface area contributed by atoms with Crippen LogP contribution in [0.25, 0.3) is 0 Å². The van der Waals surface area contributed by atoms with Crippen LogP contribution in [0.4, 0.5) is 0 Å². The van der Waals surface area contributed by atoms with E-state index in [0.29, 0.717) is 24.5 Å². The summed E-state index contributed by atoms with van der Waals surface area (Å²) in [5, 5.41) is 18.7. The monoisotopic (exact) mass is 599 g/mol. The van der Waals surface area contributed by atoms with Gasteiger partial charge in [-0.1, -0.05) is 24.8 Å². The summed E-state index contributed by atoms with van der Waals surface area (Å²) in [5.74, 6) is 0.689. The second-order valence-electron chi connectivity index (χ2n) is 9.90. The normalized spacial score (nSPS) is 16.2. The summed E-state index contributed by atoms with van der Waals surface area (Å²) < 4.78 is 15.6. The molecule has 12 heteroatoms. The molecule has 236 valence electrons. The zero-order chi connectivity index (χ0) is 31.8. The number of Topliss-reactive ketones (excluding diaryl/α,β-unsaturated/α-hetero) is 1. The van der Waals surface area contributed by atoms with Gasteiger partial charge in [-0.05, 0) is 55.3 Å². The number of nitrogens with one attached hydrogen (secondary N) is 2. The molecule has 1 heterocycles. The van der Waals surface area contributed by atoms with Gasteiger partial charge in [0, 0.05) is 32.8 Å². The molecule has 0 radical (unpaired) electrons.